The molecule has 3 aliphatic heterocycles. The van der Waals surface area contributed by atoms with E-state index in [0.717, 1.165) is 11.6 Å². The van der Waals surface area contributed by atoms with E-state index in [-0.39, 0.29) is 36.1 Å². The summed E-state index contributed by atoms with van der Waals surface area (Å²) < 4.78 is 76.1. The average Bonchev–Trinajstić information content (AvgIpc) is 3.23. The van der Waals surface area contributed by atoms with E-state index in [1.807, 2.05) is 12.1 Å². The van der Waals surface area contributed by atoms with Gasteiger partial charge in [-0.15, -0.1) is 10.2 Å². The van der Waals surface area contributed by atoms with Crippen LogP contribution in [0.3, 0.4) is 0 Å². The summed E-state index contributed by atoms with van der Waals surface area (Å²) in [5, 5.41) is 7.88. The zero-order valence-corrected chi connectivity index (χ0v) is 21.9. The third-order valence-corrected chi connectivity index (χ3v) is 8.34. The highest BCUT2D eigenvalue weighted by molar-refractivity contribution is 5.77. The van der Waals surface area contributed by atoms with Gasteiger partial charge in [0.2, 0.25) is 5.91 Å². The van der Waals surface area contributed by atoms with Crippen molar-refractivity contribution in [2.75, 3.05) is 13.1 Å². The molecule has 41 heavy (non-hydrogen) atoms. The molecule has 6 rings (SSSR count). The van der Waals surface area contributed by atoms with Crippen LogP contribution in [-0.4, -0.2) is 56.2 Å². The minimum absolute atomic E-state index is 0.00988. The number of aliphatic imine (C=N–C) groups is 1. The van der Waals surface area contributed by atoms with Crippen LogP contribution in [-0.2, 0) is 28.1 Å². The van der Waals surface area contributed by atoms with Crippen LogP contribution in [0.1, 0.15) is 66.7 Å². The number of benzene rings is 1. The number of hydrogen-bond acceptors (Lipinski definition) is 6. The summed E-state index contributed by atoms with van der Waals surface area (Å²) in [6.07, 6.45) is -1.04. The second-order valence-corrected chi connectivity index (χ2v) is 10.8. The summed E-state index contributed by atoms with van der Waals surface area (Å²) >= 11 is 0. The van der Waals surface area contributed by atoms with Crippen LogP contribution in [0.2, 0.25) is 0 Å². The molecule has 3 aromatic rings. The molecule has 2 atom stereocenters. The van der Waals surface area contributed by atoms with Gasteiger partial charge in [-0.05, 0) is 36.6 Å². The van der Waals surface area contributed by atoms with Crippen LogP contribution < -0.4 is 0 Å². The molecule has 0 unspecified atom stereocenters. The van der Waals surface area contributed by atoms with E-state index >= 15 is 0 Å². The lowest BCUT2D eigenvalue weighted by Crippen LogP contribution is -2.47. The summed E-state index contributed by atoms with van der Waals surface area (Å²) in [5.41, 5.74) is 0.334. The number of pyridine rings is 1. The first kappa shape index (κ1) is 27.3. The van der Waals surface area contributed by atoms with Crippen LogP contribution in [0.5, 0.6) is 0 Å². The first-order valence-electron chi connectivity index (χ1n) is 13.5. The molecular formula is C28H27F5N6O2. The van der Waals surface area contributed by atoms with Crippen molar-refractivity contribution < 1.29 is 31.5 Å². The van der Waals surface area contributed by atoms with Crippen molar-refractivity contribution in [1.82, 2.24) is 24.6 Å². The Morgan fingerprint density at radius 3 is 2.66 bits per heavy atom. The van der Waals surface area contributed by atoms with Crippen LogP contribution in [0.25, 0.3) is 0 Å². The van der Waals surface area contributed by atoms with Crippen LogP contribution in [0.15, 0.2) is 41.5 Å². The number of halogens is 5. The van der Waals surface area contributed by atoms with Gasteiger partial charge in [-0.2, -0.15) is 13.2 Å². The number of amides is 1. The van der Waals surface area contributed by atoms with Gasteiger partial charge in [-0.3, -0.25) is 4.79 Å². The highest BCUT2D eigenvalue weighted by Gasteiger charge is 2.43. The molecule has 0 radical (unpaired) electrons. The van der Waals surface area contributed by atoms with E-state index in [4.69, 9.17) is 4.74 Å². The summed E-state index contributed by atoms with van der Waals surface area (Å²) in [4.78, 5) is 23.7. The van der Waals surface area contributed by atoms with Crippen molar-refractivity contribution in [3.8, 4) is 0 Å². The Kier molecular flexibility index (Phi) is 6.98. The summed E-state index contributed by atoms with van der Waals surface area (Å²) in [7, 11) is 0. The number of carbonyl (C=O) groups is 1. The number of aromatic nitrogens is 4. The maximum atomic E-state index is 14.7. The predicted octanol–water partition coefficient (Wildman–Crippen LogP) is 5.32. The fourth-order valence-corrected chi connectivity index (χ4v) is 6.23. The fourth-order valence-electron chi connectivity index (χ4n) is 6.23. The minimum atomic E-state index is -4.54. The van der Waals surface area contributed by atoms with E-state index in [1.54, 1.807) is 11.1 Å². The Morgan fingerprint density at radius 1 is 1.07 bits per heavy atom. The Bertz CT molecular complexity index is 1480. The first-order chi connectivity index (χ1) is 19.6. The molecule has 1 saturated heterocycles. The second kappa shape index (κ2) is 10.5. The average molecular weight is 575 g/mol. The van der Waals surface area contributed by atoms with Gasteiger partial charge >= 0.3 is 6.18 Å². The Morgan fingerprint density at radius 2 is 1.88 bits per heavy atom. The molecule has 8 nitrogen and oxygen atoms in total. The van der Waals surface area contributed by atoms with Crippen LogP contribution in [0, 0.1) is 11.6 Å². The number of rotatable bonds is 4. The molecule has 0 N–H and O–H groups in total. The number of carbonyl (C=O) groups excluding carboxylic acids is 1. The largest absolute Gasteiger partial charge is 0.472 e. The van der Waals surface area contributed by atoms with Crippen molar-refractivity contribution in [3.63, 3.8) is 0 Å². The summed E-state index contributed by atoms with van der Waals surface area (Å²) in [6, 6.07) is 7.56. The molecule has 2 aromatic heterocycles. The zero-order chi connectivity index (χ0) is 28.8. The molecule has 1 aromatic carbocycles. The standard InChI is InChI=1S/C28H27F5N6O2/c29-21-5-1-3-19(24(21)30)18-7-6-17(26-37-36-22(39(26)15-18)14-28(31,32)33)13-23(40)38-11-8-27(9-12-38)20-4-2-10-34-25(20)35-16-41-27/h1-5,10,16-18H,6-9,11-15H2/t17-,18-/m1/s1. The zero-order valence-electron chi connectivity index (χ0n) is 21.9. The molecule has 3 aliphatic rings. The number of fused-ring (bicyclic) bond motifs is 3. The molecule has 0 aliphatic carbocycles. The number of hydrogen-bond donors (Lipinski definition) is 0. The van der Waals surface area contributed by atoms with Gasteiger partial charge in [0.1, 0.15) is 23.7 Å². The van der Waals surface area contributed by atoms with Gasteiger partial charge in [0.05, 0.1) is 0 Å². The van der Waals surface area contributed by atoms with Gasteiger partial charge in [0.25, 0.3) is 0 Å². The Balaban J connectivity index is 1.21. The SMILES string of the molecule is O=C(C[C@H]1CC[C@@H](c2cccc(F)c2F)Cn2c(CC(F)(F)F)nnc21)N1CCC2(CC1)OC=Nc1ncccc12. The van der Waals surface area contributed by atoms with Gasteiger partial charge in [0.15, 0.2) is 23.9 Å². The van der Waals surface area contributed by atoms with E-state index in [9.17, 15) is 26.7 Å². The lowest BCUT2D eigenvalue weighted by Gasteiger charge is -2.42. The number of piperidine rings is 1. The fraction of sp³-hybridized carbons (Fsp3) is 0.464. The van der Waals surface area contributed by atoms with E-state index in [2.05, 4.69) is 20.2 Å². The molecule has 13 heteroatoms. The van der Waals surface area contributed by atoms with Crippen molar-refractivity contribution in [2.45, 2.75) is 68.7 Å². The summed E-state index contributed by atoms with van der Waals surface area (Å²) in [5.74, 6) is -2.80. The molecule has 0 bridgehead atoms. The molecule has 0 saturated carbocycles. The van der Waals surface area contributed by atoms with E-state index in [1.165, 1.54) is 23.1 Å². The second-order valence-electron chi connectivity index (χ2n) is 10.8. The monoisotopic (exact) mass is 574 g/mol. The molecule has 1 fully saturated rings. The van der Waals surface area contributed by atoms with Gasteiger partial charge in [0, 0.05) is 62.5 Å². The Labute approximate surface area is 232 Å². The lowest BCUT2D eigenvalue weighted by molar-refractivity contribution is -0.136. The molecule has 1 amide bonds. The molecule has 5 heterocycles. The van der Waals surface area contributed by atoms with E-state index < -0.39 is 41.7 Å². The Hall–Kier alpha value is -3.90. The van der Waals surface area contributed by atoms with Gasteiger partial charge in [-0.1, -0.05) is 12.1 Å². The van der Waals surface area contributed by atoms with Crippen LogP contribution >= 0.6 is 0 Å². The lowest BCUT2D eigenvalue weighted by atomic mass is 9.83. The topological polar surface area (TPSA) is 85.5 Å². The number of ether oxygens (including phenoxy) is 1. The van der Waals surface area contributed by atoms with Crippen molar-refractivity contribution >= 4 is 18.1 Å². The van der Waals surface area contributed by atoms with E-state index in [0.29, 0.717) is 44.6 Å². The number of likely N-dealkylation sites (tertiary alicyclic amines) is 1. The maximum Gasteiger partial charge on any atom is 0.396 e. The normalized spacial score (nSPS) is 21.6. The van der Waals surface area contributed by atoms with Crippen molar-refractivity contribution in [1.29, 1.82) is 0 Å². The summed E-state index contributed by atoms with van der Waals surface area (Å²) in [6.45, 7) is 0.783. The van der Waals surface area contributed by atoms with Crippen molar-refractivity contribution in [3.05, 3.63) is 70.9 Å². The predicted molar refractivity (Wildman–Crippen MR) is 136 cm³/mol. The third kappa shape index (κ3) is 5.29. The van der Waals surface area contributed by atoms with Crippen LogP contribution in [0.4, 0.5) is 27.8 Å². The highest BCUT2D eigenvalue weighted by atomic mass is 19.4. The number of alkyl halides is 3. The molecule has 216 valence electrons. The highest BCUT2D eigenvalue weighted by Crippen LogP contribution is 2.43. The number of nitrogens with zero attached hydrogens (tertiary/aromatic N) is 6. The molecular weight excluding hydrogens is 547 g/mol. The van der Waals surface area contributed by atoms with Gasteiger partial charge < -0.3 is 14.2 Å². The third-order valence-electron chi connectivity index (χ3n) is 8.34. The van der Waals surface area contributed by atoms with Crippen molar-refractivity contribution in [2.24, 2.45) is 4.99 Å². The minimum Gasteiger partial charge on any atom is -0.472 e. The quantitative estimate of drug-likeness (QED) is 0.394. The molecule has 1 spiro atoms. The maximum absolute atomic E-state index is 14.7. The smallest absolute Gasteiger partial charge is 0.396 e. The first-order valence-corrected chi connectivity index (χ1v) is 13.5. The van der Waals surface area contributed by atoms with Gasteiger partial charge in [-0.25, -0.2) is 18.8 Å².